The van der Waals surface area contributed by atoms with E-state index in [1.54, 1.807) is 0 Å². The number of rotatable bonds is 7. The van der Waals surface area contributed by atoms with Gasteiger partial charge in [-0.15, -0.1) is 0 Å². The lowest BCUT2D eigenvalue weighted by Crippen LogP contribution is -2.28. The van der Waals surface area contributed by atoms with Crippen molar-refractivity contribution >= 4 is 16.9 Å². The van der Waals surface area contributed by atoms with Crippen LogP contribution in [0.5, 0.6) is 11.5 Å². The van der Waals surface area contributed by atoms with Gasteiger partial charge in [-0.3, -0.25) is 0 Å². The summed E-state index contributed by atoms with van der Waals surface area (Å²) in [5, 5.41) is 0. The number of carbonyl (C=O) groups is 1. The average Bonchev–Trinajstić information content (AvgIpc) is 2.73. The number of hydrogen-bond donors (Lipinski definition) is 0. The Hall–Kier alpha value is -2.92. The van der Waals surface area contributed by atoms with Gasteiger partial charge in [0.15, 0.2) is 27.9 Å². The molecule has 4 nitrogen and oxygen atoms in total. The Bertz CT molecular complexity index is 1010. The van der Waals surface area contributed by atoms with Crippen LogP contribution in [0.4, 0.5) is 0 Å². The van der Waals surface area contributed by atoms with Crippen molar-refractivity contribution < 1.29 is 19.0 Å². The van der Waals surface area contributed by atoms with Gasteiger partial charge < -0.3 is 14.2 Å². The largest absolute Gasteiger partial charge is 0.483 e. The second kappa shape index (κ2) is 10.3. The third kappa shape index (κ3) is 7.29. The predicted octanol–water partition coefficient (Wildman–Crippen LogP) is 6.68. The van der Waals surface area contributed by atoms with Crippen molar-refractivity contribution in [3.05, 3.63) is 78.9 Å². The lowest BCUT2D eigenvalue weighted by molar-refractivity contribution is -0.157. The van der Waals surface area contributed by atoms with Gasteiger partial charge in [0.25, 0.3) is 0 Å². The topological polar surface area (TPSA) is 44.8 Å². The summed E-state index contributed by atoms with van der Waals surface area (Å²) in [5.74, 6) is 0.939. The van der Waals surface area contributed by atoms with Crippen molar-refractivity contribution in [3.8, 4) is 11.5 Å². The van der Waals surface area contributed by atoms with Crippen molar-refractivity contribution in [2.45, 2.75) is 67.4 Å². The Labute approximate surface area is 200 Å². The highest BCUT2D eigenvalue weighted by molar-refractivity contribution is 7.97. The lowest BCUT2D eigenvalue weighted by atomic mass is 10.2. The zero-order valence-electron chi connectivity index (χ0n) is 20.3. The van der Waals surface area contributed by atoms with Gasteiger partial charge in [0.2, 0.25) is 4.90 Å². The second-order valence-corrected chi connectivity index (χ2v) is 11.6. The Morgan fingerprint density at radius 1 is 0.697 bits per heavy atom. The molecule has 0 amide bonds. The van der Waals surface area contributed by atoms with E-state index in [-0.39, 0.29) is 6.61 Å². The molecule has 0 aliphatic carbocycles. The molecule has 174 valence electrons. The normalized spacial score (nSPS) is 11.8. The van der Waals surface area contributed by atoms with Crippen LogP contribution in [-0.4, -0.2) is 23.8 Å². The van der Waals surface area contributed by atoms with Crippen molar-refractivity contribution in [2.24, 2.45) is 0 Å². The Balaban J connectivity index is 2.11. The van der Waals surface area contributed by atoms with Gasteiger partial charge in [-0.05, 0) is 77.9 Å². The third-order valence-electron chi connectivity index (χ3n) is 4.29. The van der Waals surface area contributed by atoms with E-state index in [1.807, 2.05) is 96.1 Å². The summed E-state index contributed by atoms with van der Waals surface area (Å²) in [6.07, 6.45) is 0. The van der Waals surface area contributed by atoms with Crippen LogP contribution in [0.25, 0.3) is 0 Å². The van der Waals surface area contributed by atoms with Crippen LogP contribution < -0.4 is 9.47 Å². The maximum absolute atomic E-state index is 12.4. The molecule has 0 saturated carbocycles. The highest BCUT2D eigenvalue weighted by Crippen LogP contribution is 2.43. The smallest absolute Gasteiger partial charge is 0.344 e. The van der Waals surface area contributed by atoms with Crippen LogP contribution in [0, 0.1) is 0 Å². The molecule has 0 fully saturated rings. The highest BCUT2D eigenvalue weighted by atomic mass is 32.2. The molecule has 3 aromatic carbocycles. The van der Waals surface area contributed by atoms with Crippen LogP contribution in [0.1, 0.15) is 41.5 Å². The van der Waals surface area contributed by atoms with E-state index in [4.69, 9.17) is 14.2 Å². The maximum atomic E-state index is 12.4. The molecule has 0 saturated heterocycles. The van der Waals surface area contributed by atoms with Crippen LogP contribution in [0.2, 0.25) is 0 Å². The molecule has 0 heterocycles. The molecule has 3 rings (SSSR count). The van der Waals surface area contributed by atoms with E-state index in [0.717, 1.165) is 20.4 Å². The fourth-order valence-corrected chi connectivity index (χ4v) is 5.45. The van der Waals surface area contributed by atoms with Crippen LogP contribution in [0.15, 0.2) is 93.5 Å². The molecule has 0 aliphatic heterocycles. The number of benzene rings is 3. The first kappa shape index (κ1) is 24.7. The molecule has 0 radical (unpaired) electrons. The standard InChI is InChI=1S/C28H33O4S/c1-27(2,3)31-24-19-13-18-23(30-20-25(29)32-28(4,5)6)26(24)33(21-14-9-7-10-15-21)22-16-11-8-12-17-22/h7-19H,20H2,1-6H3/q+1. The number of carbonyl (C=O) groups excluding carboxylic acids is 1. The summed E-state index contributed by atoms with van der Waals surface area (Å²) in [6.45, 7) is 11.4. The lowest BCUT2D eigenvalue weighted by Gasteiger charge is -2.24. The predicted molar refractivity (Wildman–Crippen MR) is 133 cm³/mol. The molecule has 3 aromatic rings. The fraction of sp³-hybridized carbons (Fsp3) is 0.321. The van der Waals surface area contributed by atoms with Gasteiger partial charge in [0, 0.05) is 0 Å². The van der Waals surface area contributed by atoms with Crippen molar-refractivity contribution in [3.63, 3.8) is 0 Å². The molecular formula is C28H33O4S+. The molecule has 0 N–H and O–H groups in total. The van der Waals surface area contributed by atoms with Crippen LogP contribution >= 0.6 is 0 Å². The molecular weight excluding hydrogens is 432 g/mol. The van der Waals surface area contributed by atoms with Gasteiger partial charge in [-0.2, -0.15) is 0 Å². The van der Waals surface area contributed by atoms with Crippen molar-refractivity contribution in [1.29, 1.82) is 0 Å². The highest BCUT2D eigenvalue weighted by Gasteiger charge is 2.37. The molecule has 0 aromatic heterocycles. The molecule has 0 unspecified atom stereocenters. The first-order valence-electron chi connectivity index (χ1n) is 11.0. The van der Waals surface area contributed by atoms with Gasteiger partial charge in [0.1, 0.15) is 22.1 Å². The zero-order valence-corrected chi connectivity index (χ0v) is 21.1. The van der Waals surface area contributed by atoms with Crippen LogP contribution in [0.3, 0.4) is 0 Å². The van der Waals surface area contributed by atoms with E-state index in [2.05, 4.69) is 24.3 Å². The van der Waals surface area contributed by atoms with Crippen LogP contribution in [-0.2, 0) is 20.4 Å². The fourth-order valence-electron chi connectivity index (χ4n) is 3.21. The molecule has 0 atom stereocenters. The summed E-state index contributed by atoms with van der Waals surface area (Å²) in [5.41, 5.74) is -0.972. The average molecular weight is 466 g/mol. The van der Waals surface area contributed by atoms with E-state index in [0.29, 0.717) is 5.75 Å². The van der Waals surface area contributed by atoms with Gasteiger partial charge in [0.05, 0.1) is 0 Å². The first-order chi connectivity index (χ1) is 15.5. The van der Waals surface area contributed by atoms with E-state index >= 15 is 0 Å². The van der Waals surface area contributed by atoms with Gasteiger partial charge >= 0.3 is 5.97 Å². The molecule has 5 heteroatoms. The Morgan fingerprint density at radius 2 is 1.21 bits per heavy atom. The molecule has 0 spiro atoms. The van der Waals surface area contributed by atoms with Crippen molar-refractivity contribution in [1.82, 2.24) is 0 Å². The monoisotopic (exact) mass is 465 g/mol. The quantitative estimate of drug-likeness (QED) is 0.288. The van der Waals surface area contributed by atoms with Gasteiger partial charge in [-0.25, -0.2) is 4.79 Å². The summed E-state index contributed by atoms with van der Waals surface area (Å²) in [6, 6.07) is 26.4. The number of hydrogen-bond acceptors (Lipinski definition) is 4. The van der Waals surface area contributed by atoms with Crippen molar-refractivity contribution in [2.75, 3.05) is 6.61 Å². The SMILES string of the molecule is CC(C)(C)OC(=O)COc1cccc(OC(C)(C)C)c1[S+](c1ccccc1)c1ccccc1. The summed E-state index contributed by atoms with van der Waals surface area (Å²) < 4.78 is 17.9. The summed E-state index contributed by atoms with van der Waals surface area (Å²) >= 11 is 0. The number of esters is 1. The number of ether oxygens (including phenoxy) is 3. The van der Waals surface area contributed by atoms with E-state index in [9.17, 15) is 4.79 Å². The molecule has 33 heavy (non-hydrogen) atoms. The van der Waals surface area contributed by atoms with Gasteiger partial charge in [-0.1, -0.05) is 42.5 Å². The minimum atomic E-state index is -0.571. The summed E-state index contributed by atoms with van der Waals surface area (Å²) in [4.78, 5) is 15.6. The maximum Gasteiger partial charge on any atom is 0.344 e. The molecule has 0 aliphatic rings. The third-order valence-corrected chi connectivity index (χ3v) is 6.58. The minimum Gasteiger partial charge on any atom is -0.483 e. The summed E-state index contributed by atoms with van der Waals surface area (Å²) in [7, 11) is -0.508. The second-order valence-electron chi connectivity index (χ2n) is 9.61. The Kier molecular flexibility index (Phi) is 7.75. The van der Waals surface area contributed by atoms with E-state index < -0.39 is 28.1 Å². The van der Waals surface area contributed by atoms with E-state index in [1.165, 1.54) is 0 Å². The Morgan fingerprint density at radius 3 is 1.70 bits per heavy atom. The minimum absolute atomic E-state index is 0.177. The zero-order chi connectivity index (χ0) is 24.1. The first-order valence-corrected chi connectivity index (χ1v) is 12.3. The molecule has 0 bridgehead atoms.